The second-order valence-electron chi connectivity index (χ2n) is 4.04. The van der Waals surface area contributed by atoms with Gasteiger partial charge >= 0.3 is 5.97 Å². The van der Waals surface area contributed by atoms with Crippen LogP contribution >= 0.6 is 0 Å². The summed E-state index contributed by atoms with van der Waals surface area (Å²) in [6, 6.07) is 6.63. The van der Waals surface area contributed by atoms with Crippen LogP contribution in [0.25, 0.3) is 10.9 Å². The molecule has 17 heavy (non-hydrogen) atoms. The first kappa shape index (κ1) is 11.4. The van der Waals surface area contributed by atoms with Gasteiger partial charge in [0.15, 0.2) is 5.78 Å². The molecule has 1 aromatic carbocycles. The fraction of sp³-hybridized carbons (Fsp3) is 0.231. The van der Waals surface area contributed by atoms with Crippen molar-refractivity contribution in [3.8, 4) is 0 Å². The maximum atomic E-state index is 11.5. The van der Waals surface area contributed by atoms with E-state index in [4.69, 9.17) is 5.11 Å². The van der Waals surface area contributed by atoms with E-state index in [0.29, 0.717) is 5.56 Å². The summed E-state index contributed by atoms with van der Waals surface area (Å²) in [4.78, 5) is 22.5. The van der Waals surface area contributed by atoms with Crippen LogP contribution < -0.4 is 0 Å². The minimum Gasteiger partial charge on any atom is -0.480 e. The highest BCUT2D eigenvalue weighted by molar-refractivity contribution is 6.07. The molecule has 1 heterocycles. The van der Waals surface area contributed by atoms with Crippen LogP contribution in [0.5, 0.6) is 0 Å². The molecule has 4 heteroatoms. The Labute approximate surface area is 98.5 Å². The van der Waals surface area contributed by atoms with E-state index in [-0.39, 0.29) is 5.78 Å². The highest BCUT2D eigenvalue weighted by atomic mass is 16.4. The van der Waals surface area contributed by atoms with Crippen LogP contribution in [0.3, 0.4) is 0 Å². The quantitative estimate of drug-likeness (QED) is 0.825. The number of carbonyl (C=O) groups is 2. The van der Waals surface area contributed by atoms with Crippen molar-refractivity contribution in [2.75, 3.05) is 0 Å². The van der Waals surface area contributed by atoms with Gasteiger partial charge in [-0.05, 0) is 19.9 Å². The zero-order valence-corrected chi connectivity index (χ0v) is 9.68. The van der Waals surface area contributed by atoms with Crippen molar-refractivity contribution in [3.05, 3.63) is 36.0 Å². The highest BCUT2D eigenvalue weighted by Crippen LogP contribution is 2.25. The van der Waals surface area contributed by atoms with Crippen molar-refractivity contribution in [2.45, 2.75) is 19.9 Å². The topological polar surface area (TPSA) is 59.3 Å². The van der Waals surface area contributed by atoms with Gasteiger partial charge in [-0.3, -0.25) is 4.79 Å². The van der Waals surface area contributed by atoms with Gasteiger partial charge in [0.25, 0.3) is 0 Å². The molecular formula is C13H13NO3. The van der Waals surface area contributed by atoms with Gasteiger partial charge in [0.05, 0.1) is 0 Å². The van der Waals surface area contributed by atoms with Gasteiger partial charge in [-0.2, -0.15) is 0 Å². The Morgan fingerprint density at radius 3 is 2.53 bits per heavy atom. The molecule has 88 valence electrons. The SMILES string of the molecule is CC(=O)c1cn(C(C)C(=O)O)c2ccccc12. The molecule has 0 saturated carbocycles. The molecule has 0 saturated heterocycles. The number of carboxylic acids is 1. The van der Waals surface area contributed by atoms with Gasteiger partial charge in [0.2, 0.25) is 0 Å². The summed E-state index contributed by atoms with van der Waals surface area (Å²) in [5.41, 5.74) is 1.33. The number of ketones is 1. The summed E-state index contributed by atoms with van der Waals surface area (Å²) in [6.45, 7) is 3.08. The van der Waals surface area contributed by atoms with E-state index < -0.39 is 12.0 Å². The van der Waals surface area contributed by atoms with Crippen molar-refractivity contribution < 1.29 is 14.7 Å². The maximum Gasteiger partial charge on any atom is 0.326 e. The number of Topliss-reactive ketones (excluding diaryl/α,β-unsaturated/α-hetero) is 1. The molecule has 1 atom stereocenters. The number of carboxylic acid groups (broad SMARTS) is 1. The molecule has 1 N–H and O–H groups in total. The normalized spacial score (nSPS) is 12.6. The first-order valence-electron chi connectivity index (χ1n) is 5.35. The molecule has 2 rings (SSSR count). The largest absolute Gasteiger partial charge is 0.480 e. The first-order chi connectivity index (χ1) is 8.02. The lowest BCUT2D eigenvalue weighted by Gasteiger charge is -2.09. The molecule has 0 fully saturated rings. The minimum absolute atomic E-state index is 0.0578. The second-order valence-corrected chi connectivity index (χ2v) is 4.04. The van der Waals surface area contributed by atoms with Crippen LogP contribution in [0.2, 0.25) is 0 Å². The van der Waals surface area contributed by atoms with E-state index in [1.807, 2.05) is 24.3 Å². The number of rotatable bonds is 3. The molecule has 0 aliphatic rings. The Morgan fingerprint density at radius 2 is 1.94 bits per heavy atom. The summed E-state index contributed by atoms with van der Waals surface area (Å²) in [7, 11) is 0. The summed E-state index contributed by atoms with van der Waals surface area (Å²) in [6.07, 6.45) is 1.62. The third kappa shape index (κ3) is 1.82. The second kappa shape index (κ2) is 4.05. The molecule has 0 bridgehead atoms. The fourth-order valence-electron chi connectivity index (χ4n) is 1.92. The van der Waals surface area contributed by atoms with Crippen molar-refractivity contribution in [1.29, 1.82) is 0 Å². The number of fused-ring (bicyclic) bond motifs is 1. The molecule has 0 aliphatic heterocycles. The van der Waals surface area contributed by atoms with Crippen LogP contribution in [-0.2, 0) is 4.79 Å². The van der Waals surface area contributed by atoms with Gasteiger partial charge < -0.3 is 9.67 Å². The molecule has 0 amide bonds. The van der Waals surface area contributed by atoms with E-state index >= 15 is 0 Å². The number of aromatic nitrogens is 1. The van der Waals surface area contributed by atoms with Crippen LogP contribution in [0.1, 0.15) is 30.2 Å². The lowest BCUT2D eigenvalue weighted by atomic mass is 10.1. The van der Waals surface area contributed by atoms with Crippen LogP contribution in [0, 0.1) is 0 Å². The third-order valence-corrected chi connectivity index (χ3v) is 2.89. The standard InChI is InChI=1S/C13H13NO3/c1-8(13(16)17)14-7-11(9(2)15)10-5-3-4-6-12(10)14/h3-8H,1-2H3,(H,16,17). The number of hydrogen-bond donors (Lipinski definition) is 1. The van der Waals surface area contributed by atoms with E-state index in [0.717, 1.165) is 10.9 Å². The lowest BCUT2D eigenvalue weighted by molar-refractivity contribution is -0.140. The van der Waals surface area contributed by atoms with Crippen LogP contribution in [0.4, 0.5) is 0 Å². The average Bonchev–Trinajstić information content (AvgIpc) is 2.67. The zero-order valence-electron chi connectivity index (χ0n) is 9.68. The highest BCUT2D eigenvalue weighted by Gasteiger charge is 2.18. The number of hydrogen-bond acceptors (Lipinski definition) is 2. The van der Waals surface area contributed by atoms with Crippen molar-refractivity contribution >= 4 is 22.7 Å². The number of nitrogens with zero attached hydrogens (tertiary/aromatic N) is 1. The molecule has 4 nitrogen and oxygen atoms in total. The Kier molecular flexibility index (Phi) is 2.71. The Balaban J connectivity index is 2.73. The predicted molar refractivity (Wildman–Crippen MR) is 64.3 cm³/mol. The van der Waals surface area contributed by atoms with E-state index in [1.165, 1.54) is 6.92 Å². The summed E-state index contributed by atoms with van der Waals surface area (Å²) in [5.74, 6) is -0.974. The summed E-state index contributed by atoms with van der Waals surface area (Å²) < 4.78 is 1.62. The lowest BCUT2D eigenvalue weighted by Crippen LogP contribution is -2.14. The number of para-hydroxylation sites is 1. The van der Waals surface area contributed by atoms with Crippen molar-refractivity contribution in [2.24, 2.45) is 0 Å². The molecule has 0 radical (unpaired) electrons. The molecular weight excluding hydrogens is 218 g/mol. The van der Waals surface area contributed by atoms with Crippen molar-refractivity contribution in [1.82, 2.24) is 4.57 Å². The zero-order chi connectivity index (χ0) is 12.6. The van der Waals surface area contributed by atoms with Gasteiger partial charge in [-0.15, -0.1) is 0 Å². The molecule has 1 unspecified atom stereocenters. The first-order valence-corrected chi connectivity index (χ1v) is 5.35. The van der Waals surface area contributed by atoms with Gasteiger partial charge in [-0.1, -0.05) is 18.2 Å². The maximum absolute atomic E-state index is 11.5. The van der Waals surface area contributed by atoms with E-state index in [1.54, 1.807) is 17.7 Å². The Bertz CT molecular complexity index is 598. The molecule has 1 aromatic heterocycles. The number of aliphatic carboxylic acids is 1. The van der Waals surface area contributed by atoms with Gasteiger partial charge in [0.1, 0.15) is 6.04 Å². The van der Waals surface area contributed by atoms with Gasteiger partial charge in [0, 0.05) is 22.7 Å². The predicted octanol–water partition coefficient (Wildman–Crippen LogP) is 2.49. The fourth-order valence-corrected chi connectivity index (χ4v) is 1.92. The van der Waals surface area contributed by atoms with E-state index in [2.05, 4.69) is 0 Å². The third-order valence-electron chi connectivity index (χ3n) is 2.89. The molecule has 0 spiro atoms. The Hall–Kier alpha value is -2.10. The average molecular weight is 231 g/mol. The van der Waals surface area contributed by atoms with Gasteiger partial charge in [-0.25, -0.2) is 4.79 Å². The smallest absolute Gasteiger partial charge is 0.326 e. The number of benzene rings is 1. The monoisotopic (exact) mass is 231 g/mol. The summed E-state index contributed by atoms with van der Waals surface area (Å²) in [5, 5.41) is 9.84. The van der Waals surface area contributed by atoms with Crippen LogP contribution in [0.15, 0.2) is 30.5 Å². The molecule has 2 aromatic rings. The Morgan fingerprint density at radius 1 is 1.29 bits per heavy atom. The van der Waals surface area contributed by atoms with Crippen molar-refractivity contribution in [3.63, 3.8) is 0 Å². The van der Waals surface area contributed by atoms with E-state index in [9.17, 15) is 9.59 Å². The van der Waals surface area contributed by atoms with Crippen LogP contribution in [-0.4, -0.2) is 21.4 Å². The molecule has 0 aliphatic carbocycles. The minimum atomic E-state index is -0.916. The number of carbonyl (C=O) groups excluding carboxylic acids is 1. The summed E-state index contributed by atoms with van der Waals surface area (Å²) >= 11 is 0.